The van der Waals surface area contributed by atoms with Crippen LogP contribution in [0.2, 0.25) is 0 Å². The van der Waals surface area contributed by atoms with Crippen LogP contribution in [0.3, 0.4) is 0 Å². The monoisotopic (exact) mass is 356 g/mol. The van der Waals surface area contributed by atoms with E-state index in [1.54, 1.807) is 18.2 Å². The van der Waals surface area contributed by atoms with Crippen molar-refractivity contribution in [3.8, 4) is 0 Å². The fraction of sp³-hybridized carbons (Fsp3) is 0.667. The fourth-order valence-electron chi connectivity index (χ4n) is 2.69. The number of aliphatic hydroxyl groups excluding tert-OH is 1. The molecule has 6 heteroatoms. The van der Waals surface area contributed by atoms with Gasteiger partial charge in [0.15, 0.2) is 0 Å². The molecule has 0 saturated carbocycles. The lowest BCUT2D eigenvalue weighted by Gasteiger charge is -2.24. The van der Waals surface area contributed by atoms with E-state index >= 15 is 0 Å². The summed E-state index contributed by atoms with van der Waals surface area (Å²) in [5.41, 5.74) is 1.21. The molecule has 0 aliphatic heterocycles. The molecule has 0 aromatic heterocycles. The Morgan fingerprint density at radius 3 is 2.50 bits per heavy atom. The van der Waals surface area contributed by atoms with E-state index in [9.17, 15) is 13.5 Å². The average Bonchev–Trinajstić information content (AvgIpc) is 2.52. The third-order valence-electron chi connectivity index (χ3n) is 4.03. The highest BCUT2D eigenvalue weighted by Gasteiger charge is 2.13. The van der Waals surface area contributed by atoms with Gasteiger partial charge < -0.3 is 10.0 Å². The summed E-state index contributed by atoms with van der Waals surface area (Å²) in [6.45, 7) is 6.75. The van der Waals surface area contributed by atoms with Crippen molar-refractivity contribution in [2.75, 3.05) is 30.6 Å². The number of hydrogen-bond donors (Lipinski definition) is 2. The topological polar surface area (TPSA) is 69.6 Å². The number of benzene rings is 1. The van der Waals surface area contributed by atoms with Crippen LogP contribution in [0, 0.1) is 0 Å². The number of hydrogen-bond acceptors (Lipinski definition) is 4. The van der Waals surface area contributed by atoms with Crippen molar-refractivity contribution in [3.63, 3.8) is 0 Å². The van der Waals surface area contributed by atoms with Gasteiger partial charge in [0.25, 0.3) is 0 Å². The molecule has 0 saturated heterocycles. The second-order valence-corrected chi connectivity index (χ2v) is 8.07. The molecule has 0 spiro atoms. The van der Waals surface area contributed by atoms with Crippen molar-refractivity contribution in [3.05, 3.63) is 29.8 Å². The Morgan fingerprint density at radius 2 is 1.88 bits per heavy atom. The second-order valence-electron chi connectivity index (χ2n) is 6.32. The first-order valence-corrected chi connectivity index (χ1v) is 10.7. The van der Waals surface area contributed by atoms with Crippen LogP contribution in [0.4, 0.5) is 5.69 Å². The maximum atomic E-state index is 11.3. The molecule has 0 fully saturated rings. The van der Waals surface area contributed by atoms with Gasteiger partial charge in [-0.1, -0.05) is 51.7 Å². The molecule has 0 bridgehead atoms. The van der Waals surface area contributed by atoms with E-state index in [1.807, 2.05) is 6.07 Å². The van der Waals surface area contributed by atoms with Crippen LogP contribution in [0.25, 0.3) is 0 Å². The Kier molecular flexibility index (Phi) is 9.33. The SMILES string of the molecule is CCCCCCCN(CC)CC(O)c1cccc(NS(C)(=O)=O)c1. The molecule has 1 rings (SSSR count). The summed E-state index contributed by atoms with van der Waals surface area (Å²) in [5.74, 6) is 0. The van der Waals surface area contributed by atoms with Gasteiger partial charge in [0.1, 0.15) is 0 Å². The summed E-state index contributed by atoms with van der Waals surface area (Å²) < 4.78 is 25.1. The number of unbranched alkanes of at least 4 members (excludes halogenated alkanes) is 4. The van der Waals surface area contributed by atoms with Gasteiger partial charge in [0, 0.05) is 12.2 Å². The predicted octanol–water partition coefficient (Wildman–Crippen LogP) is 3.38. The van der Waals surface area contributed by atoms with Crippen molar-refractivity contribution in [2.45, 2.75) is 52.1 Å². The summed E-state index contributed by atoms with van der Waals surface area (Å²) >= 11 is 0. The van der Waals surface area contributed by atoms with Crippen molar-refractivity contribution in [2.24, 2.45) is 0 Å². The lowest BCUT2D eigenvalue weighted by Crippen LogP contribution is -2.29. The van der Waals surface area contributed by atoms with Crippen molar-refractivity contribution < 1.29 is 13.5 Å². The lowest BCUT2D eigenvalue weighted by molar-refractivity contribution is 0.115. The van der Waals surface area contributed by atoms with E-state index < -0.39 is 16.1 Å². The third kappa shape index (κ3) is 8.66. The second kappa shape index (κ2) is 10.7. The maximum Gasteiger partial charge on any atom is 0.229 e. The Bertz CT molecular complexity index is 575. The summed E-state index contributed by atoms with van der Waals surface area (Å²) in [6.07, 6.45) is 6.68. The smallest absolute Gasteiger partial charge is 0.229 e. The molecule has 0 heterocycles. The predicted molar refractivity (Wildman–Crippen MR) is 101 cm³/mol. The highest BCUT2D eigenvalue weighted by atomic mass is 32.2. The Hall–Kier alpha value is -1.11. The van der Waals surface area contributed by atoms with Crippen LogP contribution in [0.15, 0.2) is 24.3 Å². The Balaban J connectivity index is 2.55. The van der Waals surface area contributed by atoms with E-state index in [0.717, 1.165) is 31.3 Å². The van der Waals surface area contributed by atoms with Crippen LogP contribution >= 0.6 is 0 Å². The molecule has 1 aromatic carbocycles. The van der Waals surface area contributed by atoms with Crippen molar-refractivity contribution >= 4 is 15.7 Å². The molecule has 0 aliphatic carbocycles. The van der Waals surface area contributed by atoms with Gasteiger partial charge in [-0.25, -0.2) is 8.42 Å². The van der Waals surface area contributed by atoms with Crippen LogP contribution in [0.5, 0.6) is 0 Å². The standard InChI is InChI=1S/C18H32N2O3S/c1-4-6-7-8-9-13-20(5-2)15-18(21)16-11-10-12-17(14-16)19-24(3,22)23/h10-12,14,18-19,21H,4-9,13,15H2,1-3H3. The molecule has 138 valence electrons. The zero-order valence-electron chi connectivity index (χ0n) is 15.2. The molecule has 0 aliphatic rings. The molecule has 1 atom stereocenters. The van der Waals surface area contributed by atoms with Crippen molar-refractivity contribution in [1.82, 2.24) is 4.90 Å². The summed E-state index contributed by atoms with van der Waals surface area (Å²) in [5, 5.41) is 10.5. The van der Waals surface area contributed by atoms with Crippen LogP contribution in [-0.2, 0) is 10.0 Å². The third-order valence-corrected chi connectivity index (χ3v) is 4.64. The Labute approximate surface area is 147 Å². The number of sulfonamides is 1. The minimum absolute atomic E-state index is 0.483. The van der Waals surface area contributed by atoms with Gasteiger partial charge in [-0.2, -0.15) is 0 Å². The first kappa shape index (κ1) is 20.9. The first-order chi connectivity index (χ1) is 11.4. The summed E-state index contributed by atoms with van der Waals surface area (Å²) in [6, 6.07) is 6.96. The van der Waals surface area contributed by atoms with Gasteiger partial charge in [-0.05, 0) is 37.2 Å². The highest BCUT2D eigenvalue weighted by molar-refractivity contribution is 7.92. The number of rotatable bonds is 12. The molecule has 1 unspecified atom stereocenters. The van der Waals surface area contributed by atoms with Gasteiger partial charge >= 0.3 is 0 Å². The van der Waals surface area contributed by atoms with Crippen LogP contribution < -0.4 is 4.72 Å². The van der Waals surface area contributed by atoms with E-state index in [2.05, 4.69) is 23.5 Å². The van der Waals surface area contributed by atoms with Gasteiger partial charge in [-0.15, -0.1) is 0 Å². The molecule has 0 amide bonds. The highest BCUT2D eigenvalue weighted by Crippen LogP contribution is 2.19. The number of nitrogens with one attached hydrogen (secondary N) is 1. The summed E-state index contributed by atoms with van der Waals surface area (Å²) in [7, 11) is -3.31. The van der Waals surface area contributed by atoms with Gasteiger partial charge in [-0.3, -0.25) is 4.72 Å². The van der Waals surface area contributed by atoms with Crippen molar-refractivity contribution in [1.29, 1.82) is 0 Å². The summed E-state index contributed by atoms with van der Waals surface area (Å²) in [4.78, 5) is 2.24. The molecule has 0 radical (unpaired) electrons. The maximum absolute atomic E-state index is 11.3. The van der Waals surface area contributed by atoms with Crippen LogP contribution in [0.1, 0.15) is 57.6 Å². The molecule has 24 heavy (non-hydrogen) atoms. The largest absolute Gasteiger partial charge is 0.387 e. The average molecular weight is 357 g/mol. The first-order valence-electron chi connectivity index (χ1n) is 8.84. The number of likely N-dealkylation sites (N-methyl/N-ethyl adjacent to an activating group) is 1. The molecular formula is C18H32N2O3S. The quantitative estimate of drug-likeness (QED) is 0.563. The van der Waals surface area contributed by atoms with E-state index in [1.165, 1.54) is 25.7 Å². The van der Waals surface area contributed by atoms with Gasteiger partial charge in [0.05, 0.1) is 12.4 Å². The van der Waals surface area contributed by atoms with E-state index in [-0.39, 0.29) is 0 Å². The molecule has 2 N–H and O–H groups in total. The fourth-order valence-corrected chi connectivity index (χ4v) is 3.25. The van der Waals surface area contributed by atoms with E-state index in [0.29, 0.717) is 12.2 Å². The normalized spacial score (nSPS) is 13.2. The minimum atomic E-state index is -3.31. The molecule has 5 nitrogen and oxygen atoms in total. The Morgan fingerprint density at radius 1 is 1.17 bits per heavy atom. The van der Waals surface area contributed by atoms with Crippen LogP contribution in [-0.4, -0.2) is 44.3 Å². The number of aliphatic hydroxyl groups is 1. The molecular weight excluding hydrogens is 324 g/mol. The zero-order valence-corrected chi connectivity index (χ0v) is 16.0. The van der Waals surface area contributed by atoms with E-state index in [4.69, 9.17) is 0 Å². The number of nitrogens with zero attached hydrogens (tertiary/aromatic N) is 1. The van der Waals surface area contributed by atoms with Gasteiger partial charge in [0.2, 0.25) is 10.0 Å². The lowest BCUT2D eigenvalue weighted by atomic mass is 10.1. The zero-order chi connectivity index (χ0) is 18.0. The minimum Gasteiger partial charge on any atom is -0.387 e. The molecule has 1 aromatic rings. The number of anilines is 1.